The van der Waals surface area contributed by atoms with Crippen molar-refractivity contribution in [1.82, 2.24) is 9.47 Å². The van der Waals surface area contributed by atoms with Gasteiger partial charge in [0.1, 0.15) is 16.0 Å². The quantitative estimate of drug-likeness (QED) is 0.281. The summed E-state index contributed by atoms with van der Waals surface area (Å²) in [6.07, 6.45) is 1.65. The van der Waals surface area contributed by atoms with Crippen LogP contribution in [0.3, 0.4) is 0 Å². The van der Waals surface area contributed by atoms with E-state index in [0.29, 0.717) is 15.5 Å². The van der Waals surface area contributed by atoms with E-state index in [1.165, 1.54) is 6.92 Å². The van der Waals surface area contributed by atoms with Crippen LogP contribution in [0.15, 0.2) is 64.3 Å². The minimum atomic E-state index is -0.704. The van der Waals surface area contributed by atoms with Crippen LogP contribution in [-0.2, 0) is 11.3 Å². The molecule has 7 nitrogen and oxygen atoms in total. The fourth-order valence-electron chi connectivity index (χ4n) is 3.77. The molecular formula is C26H18ClN3O4S2. The topological polar surface area (TPSA) is 103 Å². The number of halogens is 1. The lowest BCUT2D eigenvalue weighted by Crippen LogP contribution is -2.35. The fourth-order valence-corrected chi connectivity index (χ4v) is 5.15. The number of ketones is 1. The van der Waals surface area contributed by atoms with Crippen LogP contribution >= 0.6 is 35.6 Å². The lowest BCUT2D eigenvalue weighted by molar-refractivity contribution is -0.121. The molecule has 0 radical (unpaired) electrons. The summed E-state index contributed by atoms with van der Waals surface area (Å²) in [6.45, 7) is 0.932. The summed E-state index contributed by atoms with van der Waals surface area (Å²) in [4.78, 5) is 40.7. The van der Waals surface area contributed by atoms with Gasteiger partial charge in [0.2, 0.25) is 5.88 Å². The second kappa shape index (κ2) is 10.5. The number of carbonyl (C=O) groups is 2. The van der Waals surface area contributed by atoms with Gasteiger partial charge < -0.3 is 5.11 Å². The molecule has 10 heteroatoms. The molecule has 36 heavy (non-hydrogen) atoms. The van der Waals surface area contributed by atoms with Crippen molar-refractivity contribution in [3.63, 3.8) is 0 Å². The molecule has 0 bridgehead atoms. The first-order chi connectivity index (χ1) is 17.2. The largest absolute Gasteiger partial charge is 0.494 e. The Hall–Kier alpha value is -3.71. The van der Waals surface area contributed by atoms with Gasteiger partial charge in [0.15, 0.2) is 5.78 Å². The zero-order valence-electron chi connectivity index (χ0n) is 18.9. The SMILES string of the molecule is Cc1c(C(=O)CN2C(=O)/C(=C/c3ccc(Cl)cc3)SC2=S)c(O)n(Cc2ccccc2)c(=O)c1C#N. The molecule has 0 spiro atoms. The molecule has 1 N–H and O–H groups in total. The summed E-state index contributed by atoms with van der Waals surface area (Å²) >= 11 is 12.3. The number of nitrogens with zero attached hydrogens (tertiary/aromatic N) is 3. The van der Waals surface area contributed by atoms with Crippen molar-refractivity contribution >= 4 is 57.7 Å². The maximum absolute atomic E-state index is 13.3. The van der Waals surface area contributed by atoms with Gasteiger partial charge in [0.05, 0.1) is 23.6 Å². The predicted molar refractivity (Wildman–Crippen MR) is 143 cm³/mol. The molecule has 180 valence electrons. The molecule has 3 aromatic rings. The predicted octanol–water partition coefficient (Wildman–Crippen LogP) is 4.52. The molecule has 1 amide bonds. The Morgan fingerprint density at radius 3 is 2.47 bits per heavy atom. The standard InChI is InChI=1S/C26H18ClN3O4S2/c1-15-19(12-28)23(32)29(13-17-5-3-2-4-6-17)25(34)22(15)20(31)14-30-24(33)21(36-26(30)35)11-16-7-9-18(27)10-8-16/h2-11,34H,13-14H2,1H3/b21-11-. The second-order valence-corrected chi connectivity index (χ2v) is 10.0. The van der Waals surface area contributed by atoms with E-state index in [4.69, 9.17) is 23.8 Å². The molecule has 4 rings (SSSR count). The number of thioether (sulfide) groups is 1. The molecule has 2 aromatic carbocycles. The number of aromatic nitrogens is 1. The highest BCUT2D eigenvalue weighted by atomic mass is 35.5. The highest BCUT2D eigenvalue weighted by Gasteiger charge is 2.35. The molecule has 1 fully saturated rings. The van der Waals surface area contributed by atoms with Gasteiger partial charge in [-0.05, 0) is 41.8 Å². The molecule has 0 atom stereocenters. The number of Topliss-reactive ketones (excluding diaryl/α,β-unsaturated/α-hetero) is 1. The average molecular weight is 536 g/mol. The third-order valence-electron chi connectivity index (χ3n) is 5.61. The zero-order chi connectivity index (χ0) is 26.0. The van der Waals surface area contributed by atoms with Crippen molar-refractivity contribution in [2.45, 2.75) is 13.5 Å². The second-order valence-electron chi connectivity index (χ2n) is 7.93. The van der Waals surface area contributed by atoms with Gasteiger partial charge in [0, 0.05) is 5.02 Å². The van der Waals surface area contributed by atoms with Crippen LogP contribution in [0.1, 0.15) is 32.6 Å². The maximum atomic E-state index is 13.3. The number of thiocarbonyl (C=S) groups is 1. The van der Waals surface area contributed by atoms with Crippen LogP contribution in [0.5, 0.6) is 5.88 Å². The van der Waals surface area contributed by atoms with E-state index in [1.807, 2.05) is 6.07 Å². The third-order valence-corrected chi connectivity index (χ3v) is 7.24. The molecule has 1 aliphatic rings. The smallest absolute Gasteiger partial charge is 0.271 e. The van der Waals surface area contributed by atoms with Crippen molar-refractivity contribution in [1.29, 1.82) is 5.26 Å². The zero-order valence-corrected chi connectivity index (χ0v) is 21.3. The van der Waals surface area contributed by atoms with E-state index in [9.17, 15) is 24.8 Å². The molecular weight excluding hydrogens is 518 g/mol. The number of amides is 1. The van der Waals surface area contributed by atoms with Crippen LogP contribution in [0.2, 0.25) is 5.02 Å². The Balaban J connectivity index is 1.67. The van der Waals surface area contributed by atoms with Crippen LogP contribution in [0, 0.1) is 18.3 Å². The van der Waals surface area contributed by atoms with Crippen molar-refractivity contribution in [3.05, 3.63) is 103 Å². The molecule has 1 aromatic heterocycles. The minimum absolute atomic E-state index is 0.0361. The Labute approximate surface area is 221 Å². The van der Waals surface area contributed by atoms with Gasteiger partial charge in [-0.1, -0.05) is 78.0 Å². The van der Waals surface area contributed by atoms with Gasteiger partial charge in [0.25, 0.3) is 11.5 Å². The number of carbonyl (C=O) groups excluding carboxylic acids is 2. The Morgan fingerprint density at radius 1 is 1.17 bits per heavy atom. The lowest BCUT2D eigenvalue weighted by Gasteiger charge is -2.18. The molecule has 1 saturated heterocycles. The number of nitriles is 1. The van der Waals surface area contributed by atoms with Crippen molar-refractivity contribution in [2.75, 3.05) is 6.54 Å². The summed E-state index contributed by atoms with van der Waals surface area (Å²) in [5, 5.41) is 21.1. The Kier molecular flexibility index (Phi) is 7.40. The summed E-state index contributed by atoms with van der Waals surface area (Å²) in [5.41, 5.74) is 0.343. The van der Waals surface area contributed by atoms with Crippen LogP contribution in [-0.4, -0.2) is 37.1 Å². The number of aromatic hydroxyl groups is 1. The average Bonchev–Trinajstić information content (AvgIpc) is 3.11. The van der Waals surface area contributed by atoms with E-state index in [1.54, 1.807) is 60.7 Å². The van der Waals surface area contributed by atoms with Crippen LogP contribution in [0.4, 0.5) is 0 Å². The fraction of sp³-hybridized carbons (Fsp3) is 0.115. The van der Waals surface area contributed by atoms with Crippen LogP contribution in [0.25, 0.3) is 6.08 Å². The monoisotopic (exact) mass is 535 g/mol. The molecule has 1 aliphatic heterocycles. The van der Waals surface area contributed by atoms with Gasteiger partial charge in [-0.3, -0.25) is 23.9 Å². The van der Waals surface area contributed by atoms with Crippen molar-refractivity contribution < 1.29 is 14.7 Å². The first-order valence-corrected chi connectivity index (χ1v) is 12.3. The lowest BCUT2D eigenvalue weighted by atomic mass is 10.0. The number of hydrogen-bond acceptors (Lipinski definition) is 7. The minimum Gasteiger partial charge on any atom is -0.494 e. The Morgan fingerprint density at radius 2 is 1.83 bits per heavy atom. The first kappa shape index (κ1) is 25.4. The number of hydrogen-bond donors (Lipinski definition) is 1. The molecule has 2 heterocycles. The number of benzene rings is 2. The third kappa shape index (κ3) is 4.97. The van der Waals surface area contributed by atoms with Gasteiger partial charge >= 0.3 is 0 Å². The van der Waals surface area contributed by atoms with E-state index in [-0.39, 0.29) is 27.6 Å². The van der Waals surface area contributed by atoms with E-state index < -0.39 is 29.7 Å². The number of pyridine rings is 1. The summed E-state index contributed by atoms with van der Waals surface area (Å²) in [5.74, 6) is -1.66. The van der Waals surface area contributed by atoms with Crippen LogP contribution < -0.4 is 5.56 Å². The summed E-state index contributed by atoms with van der Waals surface area (Å²) in [6, 6.07) is 17.6. The van der Waals surface area contributed by atoms with Gasteiger partial charge in [-0.15, -0.1) is 0 Å². The highest BCUT2D eigenvalue weighted by Crippen LogP contribution is 2.33. The van der Waals surface area contributed by atoms with Gasteiger partial charge in [-0.25, -0.2) is 0 Å². The van der Waals surface area contributed by atoms with Crippen molar-refractivity contribution in [3.8, 4) is 11.9 Å². The molecule has 0 saturated carbocycles. The van der Waals surface area contributed by atoms with E-state index >= 15 is 0 Å². The first-order valence-electron chi connectivity index (χ1n) is 10.7. The number of rotatable bonds is 6. The van der Waals surface area contributed by atoms with E-state index in [2.05, 4.69) is 0 Å². The summed E-state index contributed by atoms with van der Waals surface area (Å²) < 4.78 is 1.17. The van der Waals surface area contributed by atoms with E-state index in [0.717, 1.165) is 26.8 Å². The highest BCUT2D eigenvalue weighted by molar-refractivity contribution is 8.26. The van der Waals surface area contributed by atoms with Gasteiger partial charge in [-0.2, -0.15) is 5.26 Å². The molecule has 0 unspecified atom stereocenters. The summed E-state index contributed by atoms with van der Waals surface area (Å²) in [7, 11) is 0. The van der Waals surface area contributed by atoms with Crippen molar-refractivity contribution in [2.24, 2.45) is 0 Å². The Bertz CT molecular complexity index is 1520. The molecule has 0 aliphatic carbocycles. The normalized spacial score (nSPS) is 14.4. The maximum Gasteiger partial charge on any atom is 0.271 e.